The van der Waals surface area contributed by atoms with Gasteiger partial charge in [-0.25, -0.2) is 8.42 Å². The molecule has 0 radical (unpaired) electrons. The lowest BCUT2D eigenvalue weighted by atomic mass is 9.90. The van der Waals surface area contributed by atoms with Crippen LogP contribution in [0.2, 0.25) is 0 Å². The Labute approximate surface area is 97.9 Å². The molecule has 2 atom stereocenters. The van der Waals surface area contributed by atoms with Crippen LogP contribution in [0.1, 0.15) is 26.7 Å². The fourth-order valence-electron chi connectivity index (χ4n) is 2.13. The molecule has 0 aromatic carbocycles. The van der Waals surface area contributed by atoms with Gasteiger partial charge in [-0.3, -0.25) is 0 Å². The average Bonchev–Trinajstić information content (AvgIpc) is 2.53. The van der Waals surface area contributed by atoms with E-state index in [0.717, 1.165) is 6.42 Å². The van der Waals surface area contributed by atoms with Crippen molar-refractivity contribution in [2.24, 2.45) is 11.8 Å². The maximum Gasteiger partial charge on any atom is 0.150 e. The topological polar surface area (TPSA) is 63.6 Å². The van der Waals surface area contributed by atoms with Crippen LogP contribution in [0, 0.1) is 11.8 Å². The summed E-state index contributed by atoms with van der Waals surface area (Å²) >= 11 is 0. The minimum absolute atomic E-state index is 0.0572. The van der Waals surface area contributed by atoms with Gasteiger partial charge in [0.1, 0.15) is 0 Å². The molecule has 1 saturated heterocycles. The van der Waals surface area contributed by atoms with Crippen molar-refractivity contribution in [2.75, 3.05) is 24.7 Å². The van der Waals surface area contributed by atoms with Crippen molar-refractivity contribution in [1.82, 2.24) is 0 Å². The van der Waals surface area contributed by atoms with Crippen molar-refractivity contribution in [3.63, 3.8) is 0 Å². The van der Waals surface area contributed by atoms with Gasteiger partial charge < -0.3 is 9.84 Å². The van der Waals surface area contributed by atoms with Crippen molar-refractivity contribution >= 4 is 9.84 Å². The van der Waals surface area contributed by atoms with E-state index in [4.69, 9.17) is 4.74 Å². The average molecular weight is 250 g/mol. The monoisotopic (exact) mass is 250 g/mol. The second kappa shape index (κ2) is 5.98. The van der Waals surface area contributed by atoms with Gasteiger partial charge in [0.05, 0.1) is 17.6 Å². The van der Waals surface area contributed by atoms with E-state index in [-0.39, 0.29) is 36.1 Å². The van der Waals surface area contributed by atoms with Gasteiger partial charge >= 0.3 is 0 Å². The molecule has 16 heavy (non-hydrogen) atoms. The molecule has 0 amide bonds. The zero-order valence-electron chi connectivity index (χ0n) is 10.1. The Morgan fingerprint density at radius 3 is 2.56 bits per heavy atom. The molecular formula is C11H22O4S. The number of sulfone groups is 1. The number of hydrogen-bond donors (Lipinski definition) is 1. The van der Waals surface area contributed by atoms with E-state index in [1.54, 1.807) is 0 Å². The quantitative estimate of drug-likeness (QED) is 0.759. The molecule has 0 spiro atoms. The smallest absolute Gasteiger partial charge is 0.150 e. The summed E-state index contributed by atoms with van der Waals surface area (Å²) in [5, 5.41) is 9.27. The van der Waals surface area contributed by atoms with Crippen LogP contribution in [0.5, 0.6) is 0 Å². The first-order chi connectivity index (χ1) is 7.44. The zero-order valence-corrected chi connectivity index (χ0v) is 10.9. The van der Waals surface area contributed by atoms with E-state index in [1.165, 1.54) is 0 Å². The van der Waals surface area contributed by atoms with Crippen LogP contribution in [0.3, 0.4) is 0 Å². The number of aliphatic hydroxyl groups excluding tert-OH is 1. The number of ether oxygens (including phenoxy) is 1. The van der Waals surface area contributed by atoms with Crippen LogP contribution < -0.4 is 0 Å². The number of aliphatic hydroxyl groups is 1. The molecule has 1 heterocycles. The van der Waals surface area contributed by atoms with E-state index in [9.17, 15) is 13.5 Å². The summed E-state index contributed by atoms with van der Waals surface area (Å²) in [6, 6.07) is 0. The molecule has 1 aliphatic heterocycles. The predicted octanol–water partition coefficient (Wildman–Crippen LogP) is 0.845. The molecule has 1 aliphatic rings. The first kappa shape index (κ1) is 13.9. The second-order valence-corrected chi connectivity index (χ2v) is 7.04. The highest BCUT2D eigenvalue weighted by molar-refractivity contribution is 7.91. The van der Waals surface area contributed by atoms with E-state index in [2.05, 4.69) is 0 Å². The van der Waals surface area contributed by atoms with E-state index < -0.39 is 9.84 Å². The van der Waals surface area contributed by atoms with Crippen LogP contribution in [0.25, 0.3) is 0 Å². The molecule has 0 aromatic heterocycles. The molecule has 0 bridgehead atoms. The Bertz CT molecular complexity index is 297. The lowest BCUT2D eigenvalue weighted by molar-refractivity contribution is 0.0531. The Kier molecular flexibility index (Phi) is 5.21. The summed E-state index contributed by atoms with van der Waals surface area (Å²) < 4.78 is 28.1. The van der Waals surface area contributed by atoms with E-state index >= 15 is 0 Å². The first-order valence-corrected chi connectivity index (χ1v) is 7.69. The molecule has 1 rings (SSSR count). The number of rotatable bonds is 6. The summed E-state index contributed by atoms with van der Waals surface area (Å²) in [4.78, 5) is 0. The molecule has 5 heteroatoms. The SMILES string of the molecule is CC(C)OCCC(CO)C1CCS(=O)(=O)C1. The molecular weight excluding hydrogens is 228 g/mol. The molecule has 2 unspecified atom stereocenters. The van der Waals surface area contributed by atoms with Crippen LogP contribution in [0.15, 0.2) is 0 Å². The lowest BCUT2D eigenvalue weighted by Crippen LogP contribution is -2.22. The molecule has 1 N–H and O–H groups in total. The lowest BCUT2D eigenvalue weighted by Gasteiger charge is -2.20. The Balaban J connectivity index is 2.37. The molecule has 1 fully saturated rings. The van der Waals surface area contributed by atoms with Crippen LogP contribution >= 0.6 is 0 Å². The number of hydrogen-bond acceptors (Lipinski definition) is 4. The summed E-state index contributed by atoms with van der Waals surface area (Å²) in [5.41, 5.74) is 0. The van der Waals surface area contributed by atoms with Gasteiger partial charge in [-0.1, -0.05) is 0 Å². The molecule has 0 aromatic rings. The fourth-order valence-corrected chi connectivity index (χ4v) is 4.05. The van der Waals surface area contributed by atoms with Gasteiger partial charge in [0.15, 0.2) is 9.84 Å². The molecule has 0 aliphatic carbocycles. The summed E-state index contributed by atoms with van der Waals surface area (Å²) in [6.45, 7) is 4.59. The summed E-state index contributed by atoms with van der Waals surface area (Å²) in [5.74, 6) is 0.695. The highest BCUT2D eigenvalue weighted by atomic mass is 32.2. The Morgan fingerprint density at radius 1 is 1.44 bits per heavy atom. The van der Waals surface area contributed by atoms with Gasteiger partial charge in [0.25, 0.3) is 0 Å². The summed E-state index contributed by atoms with van der Waals surface area (Å²) in [6.07, 6.45) is 1.62. The van der Waals surface area contributed by atoms with Gasteiger partial charge in [0, 0.05) is 13.2 Å². The minimum atomic E-state index is -2.84. The third-order valence-electron chi connectivity index (χ3n) is 3.11. The van der Waals surface area contributed by atoms with E-state index in [0.29, 0.717) is 13.0 Å². The fraction of sp³-hybridized carbons (Fsp3) is 1.00. The van der Waals surface area contributed by atoms with Gasteiger partial charge in [-0.05, 0) is 38.5 Å². The first-order valence-electron chi connectivity index (χ1n) is 5.87. The minimum Gasteiger partial charge on any atom is -0.396 e. The van der Waals surface area contributed by atoms with Gasteiger partial charge in [-0.2, -0.15) is 0 Å². The predicted molar refractivity (Wildman–Crippen MR) is 63.0 cm³/mol. The molecule has 4 nitrogen and oxygen atoms in total. The van der Waals surface area contributed by atoms with Crippen molar-refractivity contribution in [2.45, 2.75) is 32.8 Å². The molecule has 0 saturated carbocycles. The summed E-state index contributed by atoms with van der Waals surface area (Å²) in [7, 11) is -2.84. The van der Waals surface area contributed by atoms with Crippen molar-refractivity contribution in [3.05, 3.63) is 0 Å². The van der Waals surface area contributed by atoms with Crippen molar-refractivity contribution < 1.29 is 18.3 Å². The van der Waals surface area contributed by atoms with E-state index in [1.807, 2.05) is 13.8 Å². The van der Waals surface area contributed by atoms with Crippen LogP contribution in [-0.4, -0.2) is 44.3 Å². The second-order valence-electron chi connectivity index (χ2n) is 4.81. The maximum absolute atomic E-state index is 11.3. The Hall–Kier alpha value is -0.130. The van der Waals surface area contributed by atoms with Crippen LogP contribution in [0.4, 0.5) is 0 Å². The highest BCUT2D eigenvalue weighted by Gasteiger charge is 2.33. The van der Waals surface area contributed by atoms with Crippen LogP contribution in [-0.2, 0) is 14.6 Å². The zero-order chi connectivity index (χ0) is 12.2. The maximum atomic E-state index is 11.3. The van der Waals surface area contributed by atoms with Gasteiger partial charge in [0.2, 0.25) is 0 Å². The molecule has 96 valence electrons. The van der Waals surface area contributed by atoms with Gasteiger partial charge in [-0.15, -0.1) is 0 Å². The third kappa shape index (κ3) is 4.39. The third-order valence-corrected chi connectivity index (χ3v) is 4.90. The standard InChI is InChI=1S/C11H22O4S/c1-9(2)15-5-3-10(7-12)11-4-6-16(13,14)8-11/h9-12H,3-8H2,1-2H3. The Morgan fingerprint density at radius 2 is 2.12 bits per heavy atom. The van der Waals surface area contributed by atoms with Crippen molar-refractivity contribution in [3.8, 4) is 0 Å². The normalized spacial score (nSPS) is 26.1. The highest BCUT2D eigenvalue weighted by Crippen LogP contribution is 2.27. The largest absolute Gasteiger partial charge is 0.396 e. The van der Waals surface area contributed by atoms with Crippen molar-refractivity contribution in [1.29, 1.82) is 0 Å².